The molecule has 2 amide bonds. The number of amides is 2. The van der Waals surface area contributed by atoms with Gasteiger partial charge in [-0.05, 0) is 18.2 Å². The topological polar surface area (TPSA) is 99.0 Å². The Morgan fingerprint density at radius 1 is 1.11 bits per heavy atom. The number of carbonyl (C=O) groups is 2. The van der Waals surface area contributed by atoms with Crippen LogP contribution in [0.5, 0.6) is 11.5 Å². The smallest absolute Gasteiger partial charge is 0.351 e. The summed E-state index contributed by atoms with van der Waals surface area (Å²) in [6, 6.07) is 6.78. The van der Waals surface area contributed by atoms with E-state index in [1.54, 1.807) is 0 Å². The Balaban J connectivity index is 2.06. The minimum Gasteiger partial charge on any atom is -0.497 e. The van der Waals surface area contributed by atoms with Gasteiger partial charge in [-0.15, -0.1) is 0 Å². The Bertz CT molecular complexity index is 992. The zero-order chi connectivity index (χ0) is 20.6. The van der Waals surface area contributed by atoms with Gasteiger partial charge in [0.05, 0.1) is 31.3 Å². The summed E-state index contributed by atoms with van der Waals surface area (Å²) in [4.78, 5) is 35.5. The van der Waals surface area contributed by atoms with E-state index >= 15 is 0 Å². The average Bonchev–Trinajstić information content (AvgIpc) is 2.69. The molecule has 3 rings (SSSR count). The maximum Gasteiger partial charge on any atom is 0.351 e. The maximum atomic E-state index is 14.6. The number of nitro benzene ring substituents is 1. The number of rotatable bonds is 5. The van der Waals surface area contributed by atoms with E-state index in [4.69, 9.17) is 9.47 Å². The molecule has 1 aliphatic rings. The quantitative estimate of drug-likeness (QED) is 0.441. The van der Waals surface area contributed by atoms with E-state index in [0.717, 1.165) is 18.2 Å². The lowest BCUT2D eigenvalue weighted by molar-refractivity contribution is -0.384. The summed E-state index contributed by atoms with van der Waals surface area (Å²) >= 11 is 0. The van der Waals surface area contributed by atoms with Gasteiger partial charge in [0.25, 0.3) is 11.6 Å². The van der Waals surface area contributed by atoms with Crippen molar-refractivity contribution in [2.24, 2.45) is 0 Å². The van der Waals surface area contributed by atoms with E-state index in [9.17, 15) is 28.5 Å². The lowest BCUT2D eigenvalue weighted by Gasteiger charge is -2.32. The number of hydrogen-bond acceptors (Lipinski definition) is 6. The molecule has 0 saturated carbocycles. The zero-order valence-electron chi connectivity index (χ0n) is 14.8. The molecule has 0 aliphatic carbocycles. The standard InChI is InChI=1S/C18H14F2N2O6/c1-27-12-5-3-10(15(8-12)28-2)9-21-16(23)13-7-11(22(25)26)4-6-14(13)18(19,20)17(21)24/h3-8H,9H2,1-2H3. The fraction of sp³-hybridized carbons (Fsp3) is 0.222. The number of hydrogen-bond donors (Lipinski definition) is 0. The van der Waals surface area contributed by atoms with E-state index in [1.165, 1.54) is 32.4 Å². The van der Waals surface area contributed by atoms with Crippen molar-refractivity contribution in [2.75, 3.05) is 14.2 Å². The highest BCUT2D eigenvalue weighted by Gasteiger charge is 2.53. The minimum absolute atomic E-state index is 0.230. The van der Waals surface area contributed by atoms with Crippen LogP contribution in [0, 0.1) is 10.1 Å². The molecule has 10 heteroatoms. The third-order valence-electron chi connectivity index (χ3n) is 4.36. The molecule has 0 radical (unpaired) electrons. The second kappa shape index (κ2) is 6.87. The fourth-order valence-electron chi connectivity index (χ4n) is 2.92. The van der Waals surface area contributed by atoms with Crippen LogP contribution in [0.2, 0.25) is 0 Å². The Morgan fingerprint density at radius 3 is 2.43 bits per heavy atom. The third-order valence-corrected chi connectivity index (χ3v) is 4.36. The number of imide groups is 1. The first-order valence-electron chi connectivity index (χ1n) is 7.94. The number of benzene rings is 2. The molecule has 8 nitrogen and oxygen atoms in total. The van der Waals surface area contributed by atoms with Gasteiger partial charge in [0, 0.05) is 29.3 Å². The second-order valence-corrected chi connectivity index (χ2v) is 5.94. The van der Waals surface area contributed by atoms with Crippen LogP contribution in [0.1, 0.15) is 21.5 Å². The van der Waals surface area contributed by atoms with E-state index < -0.39 is 46.0 Å². The van der Waals surface area contributed by atoms with Crippen molar-refractivity contribution in [1.29, 1.82) is 0 Å². The molecule has 0 aromatic heterocycles. The van der Waals surface area contributed by atoms with Crippen molar-refractivity contribution in [2.45, 2.75) is 12.5 Å². The normalized spacial score (nSPS) is 15.2. The molecule has 28 heavy (non-hydrogen) atoms. The summed E-state index contributed by atoms with van der Waals surface area (Å²) in [5.41, 5.74) is -1.69. The molecule has 2 aromatic carbocycles. The highest BCUT2D eigenvalue weighted by Crippen LogP contribution is 2.40. The molecule has 1 aliphatic heterocycles. The van der Waals surface area contributed by atoms with Gasteiger partial charge < -0.3 is 9.47 Å². The zero-order valence-corrected chi connectivity index (χ0v) is 14.8. The lowest BCUT2D eigenvalue weighted by atomic mass is 9.94. The molecule has 0 bridgehead atoms. The fourth-order valence-corrected chi connectivity index (χ4v) is 2.92. The number of nitrogens with zero attached hydrogens (tertiary/aromatic N) is 2. The molecule has 0 N–H and O–H groups in total. The number of fused-ring (bicyclic) bond motifs is 1. The third kappa shape index (κ3) is 3.02. The molecular formula is C18H14F2N2O6. The maximum absolute atomic E-state index is 14.6. The average molecular weight is 392 g/mol. The molecule has 146 valence electrons. The predicted molar refractivity (Wildman–Crippen MR) is 91.4 cm³/mol. The SMILES string of the molecule is COc1ccc(CN2C(=O)c3cc([N+](=O)[O-])ccc3C(F)(F)C2=O)c(OC)c1. The number of halogens is 2. The van der Waals surface area contributed by atoms with Crippen LogP contribution in [-0.4, -0.2) is 35.9 Å². The molecule has 0 fully saturated rings. The number of carbonyl (C=O) groups excluding carboxylic acids is 2. The highest BCUT2D eigenvalue weighted by atomic mass is 19.3. The van der Waals surface area contributed by atoms with Crippen LogP contribution in [0.15, 0.2) is 36.4 Å². The van der Waals surface area contributed by atoms with E-state index in [0.29, 0.717) is 10.6 Å². The van der Waals surface area contributed by atoms with Gasteiger partial charge >= 0.3 is 11.8 Å². The van der Waals surface area contributed by atoms with Crippen molar-refractivity contribution in [3.63, 3.8) is 0 Å². The van der Waals surface area contributed by atoms with Crippen molar-refractivity contribution in [1.82, 2.24) is 4.90 Å². The monoisotopic (exact) mass is 392 g/mol. The summed E-state index contributed by atoms with van der Waals surface area (Å²) in [6.07, 6.45) is 0. The minimum atomic E-state index is -4.00. The lowest BCUT2D eigenvalue weighted by Crippen LogP contribution is -2.50. The second-order valence-electron chi connectivity index (χ2n) is 5.94. The van der Waals surface area contributed by atoms with Crippen LogP contribution in [0.3, 0.4) is 0 Å². The van der Waals surface area contributed by atoms with Crippen molar-refractivity contribution >= 4 is 17.5 Å². The van der Waals surface area contributed by atoms with Crippen LogP contribution in [0.25, 0.3) is 0 Å². The first-order valence-corrected chi connectivity index (χ1v) is 7.94. The van der Waals surface area contributed by atoms with E-state index in [2.05, 4.69) is 0 Å². The first-order chi connectivity index (χ1) is 13.2. The molecule has 0 spiro atoms. The Labute approximate surface area is 157 Å². The summed E-state index contributed by atoms with van der Waals surface area (Å²) in [5, 5.41) is 10.9. The molecule has 2 aromatic rings. The van der Waals surface area contributed by atoms with Crippen LogP contribution in [0.4, 0.5) is 14.5 Å². The largest absolute Gasteiger partial charge is 0.497 e. The van der Waals surface area contributed by atoms with Gasteiger partial charge in [0.2, 0.25) is 0 Å². The molecule has 1 heterocycles. The summed E-state index contributed by atoms with van der Waals surface area (Å²) in [5.74, 6) is -6.10. The van der Waals surface area contributed by atoms with Crippen molar-refractivity contribution in [3.05, 3.63) is 63.2 Å². The van der Waals surface area contributed by atoms with Crippen LogP contribution >= 0.6 is 0 Å². The highest BCUT2D eigenvalue weighted by molar-refractivity contribution is 6.12. The number of alkyl halides is 2. The Morgan fingerprint density at radius 2 is 1.82 bits per heavy atom. The van der Waals surface area contributed by atoms with Gasteiger partial charge in [-0.1, -0.05) is 0 Å². The van der Waals surface area contributed by atoms with Gasteiger partial charge in [-0.2, -0.15) is 8.78 Å². The van der Waals surface area contributed by atoms with Crippen molar-refractivity contribution in [3.8, 4) is 11.5 Å². The van der Waals surface area contributed by atoms with Gasteiger partial charge in [0.15, 0.2) is 0 Å². The number of ether oxygens (including phenoxy) is 2. The number of nitro groups is 1. The van der Waals surface area contributed by atoms with Gasteiger partial charge in [-0.25, -0.2) is 0 Å². The van der Waals surface area contributed by atoms with Crippen LogP contribution < -0.4 is 9.47 Å². The first kappa shape index (κ1) is 19.2. The predicted octanol–water partition coefficient (Wildman–Crippen LogP) is 2.89. The van der Waals surface area contributed by atoms with E-state index in [-0.39, 0.29) is 11.3 Å². The molecule has 0 saturated heterocycles. The summed E-state index contributed by atoms with van der Waals surface area (Å²) in [6.45, 7) is -0.497. The van der Waals surface area contributed by atoms with Crippen molar-refractivity contribution < 1.29 is 32.8 Å². The van der Waals surface area contributed by atoms with Gasteiger partial charge in [-0.3, -0.25) is 24.6 Å². The summed E-state index contributed by atoms with van der Waals surface area (Å²) in [7, 11) is 2.77. The Kier molecular flexibility index (Phi) is 4.72. The molecule has 0 unspecified atom stereocenters. The Hall–Kier alpha value is -3.56. The molecular weight excluding hydrogens is 378 g/mol. The number of non-ortho nitro benzene ring substituents is 1. The van der Waals surface area contributed by atoms with Gasteiger partial charge in [0.1, 0.15) is 11.5 Å². The van der Waals surface area contributed by atoms with E-state index in [1.807, 2.05) is 0 Å². The molecule has 0 atom stereocenters. The van der Waals surface area contributed by atoms with Crippen LogP contribution in [-0.2, 0) is 17.3 Å². The summed E-state index contributed by atoms with van der Waals surface area (Å²) < 4.78 is 39.4. The number of methoxy groups -OCH3 is 2.